The summed E-state index contributed by atoms with van der Waals surface area (Å²) in [6, 6.07) is 19.5. The zero-order chi connectivity index (χ0) is 14.5. The highest BCUT2D eigenvalue weighted by Gasteiger charge is 2.17. The van der Waals surface area contributed by atoms with Crippen molar-refractivity contribution < 1.29 is 0 Å². The Hall–Kier alpha value is -1.64. The summed E-state index contributed by atoms with van der Waals surface area (Å²) in [6.45, 7) is 4.29. The van der Waals surface area contributed by atoms with Crippen LogP contribution in [0.1, 0.15) is 24.3 Å². The van der Waals surface area contributed by atoms with E-state index in [0.717, 1.165) is 13.1 Å². The molecule has 1 aliphatic rings. The molecule has 1 saturated heterocycles. The van der Waals surface area contributed by atoms with Crippen molar-refractivity contribution in [2.24, 2.45) is 5.73 Å². The summed E-state index contributed by atoms with van der Waals surface area (Å²) in [5.74, 6) is 0.452. The molecule has 2 N–H and O–H groups in total. The number of nitrogens with zero attached hydrogens (tertiary/aromatic N) is 1. The molecule has 0 bridgehead atoms. The Balaban J connectivity index is 1.72. The Morgan fingerprint density at radius 3 is 2.10 bits per heavy atom. The van der Waals surface area contributed by atoms with E-state index < -0.39 is 0 Å². The molecular formula is C19H24N2. The second kappa shape index (κ2) is 6.88. The molecule has 2 aromatic rings. The minimum Gasteiger partial charge on any atom is -0.330 e. The lowest BCUT2D eigenvalue weighted by atomic mass is 9.96. The predicted octanol–water partition coefficient (Wildman–Crippen LogP) is 3.49. The van der Waals surface area contributed by atoms with Crippen LogP contribution in [0.2, 0.25) is 0 Å². The van der Waals surface area contributed by atoms with Gasteiger partial charge in [0, 0.05) is 19.0 Å². The van der Waals surface area contributed by atoms with E-state index in [1.807, 2.05) is 0 Å². The summed E-state index contributed by atoms with van der Waals surface area (Å²) in [6.07, 6.45) is 2.68. The molecule has 0 aliphatic carbocycles. The van der Waals surface area contributed by atoms with Crippen LogP contribution < -0.4 is 5.73 Å². The summed E-state index contributed by atoms with van der Waals surface area (Å²) >= 11 is 0. The topological polar surface area (TPSA) is 29.3 Å². The fourth-order valence-corrected chi connectivity index (χ4v) is 3.17. The first-order chi connectivity index (χ1) is 10.4. The van der Waals surface area contributed by atoms with Gasteiger partial charge in [-0.25, -0.2) is 0 Å². The van der Waals surface area contributed by atoms with E-state index in [9.17, 15) is 0 Å². The summed E-state index contributed by atoms with van der Waals surface area (Å²) in [5, 5.41) is 0. The van der Waals surface area contributed by atoms with Crippen molar-refractivity contribution in [3.8, 4) is 11.1 Å². The standard InChI is InChI=1S/C19H24N2/c20-14-19(15-21-12-4-5-13-21)18-10-8-17(9-11-18)16-6-2-1-3-7-16/h1-3,6-11,19H,4-5,12-15,20H2. The van der Waals surface area contributed by atoms with E-state index >= 15 is 0 Å². The van der Waals surface area contributed by atoms with Gasteiger partial charge in [-0.2, -0.15) is 0 Å². The van der Waals surface area contributed by atoms with Gasteiger partial charge in [0.15, 0.2) is 0 Å². The summed E-state index contributed by atoms with van der Waals surface area (Å²) in [7, 11) is 0. The van der Waals surface area contributed by atoms with Crippen LogP contribution in [0.5, 0.6) is 0 Å². The van der Waals surface area contributed by atoms with Gasteiger partial charge in [-0.05, 0) is 42.6 Å². The third-order valence-corrected chi connectivity index (χ3v) is 4.45. The molecule has 0 spiro atoms. The molecule has 21 heavy (non-hydrogen) atoms. The largest absolute Gasteiger partial charge is 0.330 e. The highest BCUT2D eigenvalue weighted by Crippen LogP contribution is 2.24. The Labute approximate surface area is 127 Å². The number of rotatable bonds is 5. The quantitative estimate of drug-likeness (QED) is 0.908. The van der Waals surface area contributed by atoms with Crippen molar-refractivity contribution in [3.63, 3.8) is 0 Å². The van der Waals surface area contributed by atoms with Gasteiger partial charge >= 0.3 is 0 Å². The van der Waals surface area contributed by atoms with Crippen molar-refractivity contribution in [1.82, 2.24) is 4.90 Å². The van der Waals surface area contributed by atoms with Crippen LogP contribution in [0.3, 0.4) is 0 Å². The van der Waals surface area contributed by atoms with E-state index in [4.69, 9.17) is 5.73 Å². The number of benzene rings is 2. The second-order valence-corrected chi connectivity index (χ2v) is 5.93. The molecule has 2 heteroatoms. The first-order valence-corrected chi connectivity index (χ1v) is 7.94. The average molecular weight is 280 g/mol. The third-order valence-electron chi connectivity index (χ3n) is 4.45. The molecular weight excluding hydrogens is 256 g/mol. The van der Waals surface area contributed by atoms with Gasteiger partial charge in [0.2, 0.25) is 0 Å². The van der Waals surface area contributed by atoms with Gasteiger partial charge < -0.3 is 10.6 Å². The highest BCUT2D eigenvalue weighted by molar-refractivity contribution is 5.63. The monoisotopic (exact) mass is 280 g/mol. The van der Waals surface area contributed by atoms with Crippen LogP contribution in [0.4, 0.5) is 0 Å². The molecule has 1 unspecified atom stereocenters. The molecule has 1 heterocycles. The first-order valence-electron chi connectivity index (χ1n) is 7.94. The van der Waals surface area contributed by atoms with Crippen LogP contribution in [-0.2, 0) is 0 Å². The normalized spacial score (nSPS) is 17.0. The van der Waals surface area contributed by atoms with Crippen LogP contribution in [0.25, 0.3) is 11.1 Å². The molecule has 2 nitrogen and oxygen atoms in total. The molecule has 1 fully saturated rings. The molecule has 3 rings (SSSR count). The smallest absolute Gasteiger partial charge is 0.00888 e. The lowest BCUT2D eigenvalue weighted by Gasteiger charge is -2.22. The summed E-state index contributed by atoms with van der Waals surface area (Å²) < 4.78 is 0. The SMILES string of the molecule is NCC(CN1CCCC1)c1ccc(-c2ccccc2)cc1. The van der Waals surface area contributed by atoms with Gasteiger partial charge in [-0.1, -0.05) is 54.6 Å². The van der Waals surface area contributed by atoms with Crippen molar-refractivity contribution in [2.45, 2.75) is 18.8 Å². The Bertz CT molecular complexity index is 542. The van der Waals surface area contributed by atoms with Gasteiger partial charge in [0.1, 0.15) is 0 Å². The lowest BCUT2D eigenvalue weighted by molar-refractivity contribution is 0.315. The van der Waals surface area contributed by atoms with E-state index in [-0.39, 0.29) is 0 Å². The Kier molecular flexibility index (Phi) is 4.69. The number of hydrogen-bond donors (Lipinski definition) is 1. The van der Waals surface area contributed by atoms with Crippen molar-refractivity contribution in [1.29, 1.82) is 0 Å². The van der Waals surface area contributed by atoms with Crippen LogP contribution in [0.15, 0.2) is 54.6 Å². The fourth-order valence-electron chi connectivity index (χ4n) is 3.17. The van der Waals surface area contributed by atoms with Crippen LogP contribution >= 0.6 is 0 Å². The van der Waals surface area contributed by atoms with Crippen molar-refractivity contribution >= 4 is 0 Å². The zero-order valence-electron chi connectivity index (χ0n) is 12.5. The maximum absolute atomic E-state index is 6.01. The van der Waals surface area contributed by atoms with Crippen molar-refractivity contribution in [2.75, 3.05) is 26.2 Å². The molecule has 2 aromatic carbocycles. The van der Waals surface area contributed by atoms with Crippen LogP contribution in [-0.4, -0.2) is 31.1 Å². The molecule has 1 atom stereocenters. The lowest BCUT2D eigenvalue weighted by Crippen LogP contribution is -2.29. The molecule has 0 aromatic heterocycles. The molecule has 1 aliphatic heterocycles. The van der Waals surface area contributed by atoms with E-state index in [2.05, 4.69) is 59.5 Å². The predicted molar refractivity (Wildman–Crippen MR) is 89.3 cm³/mol. The molecule has 0 amide bonds. The van der Waals surface area contributed by atoms with E-state index in [1.165, 1.54) is 42.6 Å². The summed E-state index contributed by atoms with van der Waals surface area (Å²) in [4.78, 5) is 2.54. The number of hydrogen-bond acceptors (Lipinski definition) is 2. The average Bonchev–Trinajstić information content (AvgIpc) is 3.07. The minimum absolute atomic E-state index is 0.452. The first kappa shape index (κ1) is 14.3. The molecule has 0 radical (unpaired) electrons. The van der Waals surface area contributed by atoms with E-state index in [1.54, 1.807) is 0 Å². The van der Waals surface area contributed by atoms with Crippen LogP contribution in [0, 0.1) is 0 Å². The second-order valence-electron chi connectivity index (χ2n) is 5.93. The van der Waals surface area contributed by atoms with Gasteiger partial charge in [0.05, 0.1) is 0 Å². The molecule has 110 valence electrons. The van der Waals surface area contributed by atoms with Gasteiger partial charge in [0.25, 0.3) is 0 Å². The van der Waals surface area contributed by atoms with E-state index in [0.29, 0.717) is 5.92 Å². The number of nitrogens with two attached hydrogens (primary N) is 1. The Morgan fingerprint density at radius 2 is 1.48 bits per heavy atom. The van der Waals surface area contributed by atoms with Gasteiger partial charge in [-0.3, -0.25) is 0 Å². The van der Waals surface area contributed by atoms with Crippen molar-refractivity contribution in [3.05, 3.63) is 60.2 Å². The number of likely N-dealkylation sites (tertiary alicyclic amines) is 1. The zero-order valence-corrected chi connectivity index (χ0v) is 12.5. The summed E-state index contributed by atoms with van der Waals surface area (Å²) in [5.41, 5.74) is 9.92. The highest BCUT2D eigenvalue weighted by atomic mass is 15.1. The third kappa shape index (κ3) is 3.52. The Morgan fingerprint density at radius 1 is 0.857 bits per heavy atom. The molecule has 0 saturated carbocycles. The maximum Gasteiger partial charge on any atom is 0.00888 e. The maximum atomic E-state index is 6.01. The minimum atomic E-state index is 0.452. The fraction of sp³-hybridized carbons (Fsp3) is 0.368. The van der Waals surface area contributed by atoms with Gasteiger partial charge in [-0.15, -0.1) is 0 Å².